The summed E-state index contributed by atoms with van der Waals surface area (Å²) >= 11 is 0. The molecule has 1 aromatic heterocycles. The first-order valence-electron chi connectivity index (χ1n) is 6.30. The van der Waals surface area contributed by atoms with Crippen LogP contribution in [0.5, 0.6) is 0 Å². The minimum Gasteiger partial charge on any atom is -0.472 e. The van der Waals surface area contributed by atoms with Crippen LogP contribution >= 0.6 is 0 Å². The highest BCUT2D eigenvalue weighted by Gasteiger charge is 2.19. The minimum atomic E-state index is 0.783. The van der Waals surface area contributed by atoms with Crippen molar-refractivity contribution in [3.8, 4) is 0 Å². The Labute approximate surface area is 97.4 Å². The molecular formula is C13H22N2O. The molecular weight excluding hydrogens is 200 g/mol. The van der Waals surface area contributed by atoms with Crippen LogP contribution in [0.4, 0.5) is 0 Å². The van der Waals surface area contributed by atoms with E-state index in [1.807, 2.05) is 6.07 Å². The summed E-state index contributed by atoms with van der Waals surface area (Å²) < 4.78 is 5.03. The van der Waals surface area contributed by atoms with Crippen molar-refractivity contribution in [2.75, 3.05) is 13.1 Å². The van der Waals surface area contributed by atoms with Crippen molar-refractivity contribution >= 4 is 0 Å². The third-order valence-electron chi connectivity index (χ3n) is 3.64. The van der Waals surface area contributed by atoms with Crippen LogP contribution in [0.1, 0.15) is 31.2 Å². The van der Waals surface area contributed by atoms with Gasteiger partial charge < -0.3 is 15.5 Å². The number of hydrogen-bond acceptors (Lipinski definition) is 3. The van der Waals surface area contributed by atoms with Gasteiger partial charge in [-0.3, -0.25) is 0 Å². The average molecular weight is 222 g/mol. The molecule has 16 heavy (non-hydrogen) atoms. The molecule has 3 N–H and O–H groups in total. The molecule has 1 saturated carbocycles. The lowest BCUT2D eigenvalue weighted by Gasteiger charge is -2.27. The second-order valence-corrected chi connectivity index (χ2v) is 4.88. The lowest BCUT2D eigenvalue weighted by Crippen LogP contribution is -2.28. The van der Waals surface area contributed by atoms with Gasteiger partial charge in [0.15, 0.2) is 0 Å². The normalized spacial score (nSPS) is 25.8. The summed E-state index contributed by atoms with van der Waals surface area (Å²) in [5.74, 6) is 1.62. The van der Waals surface area contributed by atoms with Crippen molar-refractivity contribution in [3.05, 3.63) is 24.2 Å². The number of nitrogens with two attached hydrogens (primary N) is 1. The Balaban J connectivity index is 1.60. The molecule has 0 amide bonds. The molecule has 0 saturated heterocycles. The molecule has 2 rings (SSSR count). The van der Waals surface area contributed by atoms with E-state index in [9.17, 15) is 0 Å². The molecule has 0 radical (unpaired) electrons. The van der Waals surface area contributed by atoms with E-state index in [-0.39, 0.29) is 0 Å². The first-order chi connectivity index (χ1) is 7.88. The number of hydrogen-bond donors (Lipinski definition) is 2. The SMILES string of the molecule is NCC1CCC(CNCc2ccoc2)CC1. The fourth-order valence-corrected chi connectivity index (χ4v) is 2.49. The molecule has 1 aliphatic rings. The van der Waals surface area contributed by atoms with Crippen LogP contribution in [0.2, 0.25) is 0 Å². The van der Waals surface area contributed by atoms with Crippen LogP contribution in [0.25, 0.3) is 0 Å². The Morgan fingerprint density at radius 1 is 1.25 bits per heavy atom. The highest BCUT2D eigenvalue weighted by atomic mass is 16.3. The van der Waals surface area contributed by atoms with E-state index in [0.29, 0.717) is 0 Å². The zero-order valence-electron chi connectivity index (χ0n) is 9.82. The molecule has 1 fully saturated rings. The maximum atomic E-state index is 5.69. The first kappa shape index (κ1) is 11.7. The maximum absolute atomic E-state index is 5.69. The molecule has 1 aliphatic carbocycles. The number of nitrogens with one attached hydrogen (secondary N) is 1. The van der Waals surface area contributed by atoms with E-state index in [2.05, 4.69) is 5.32 Å². The molecule has 0 atom stereocenters. The van der Waals surface area contributed by atoms with Crippen LogP contribution in [0.15, 0.2) is 23.0 Å². The summed E-state index contributed by atoms with van der Waals surface area (Å²) in [6.45, 7) is 2.92. The van der Waals surface area contributed by atoms with Gasteiger partial charge in [-0.1, -0.05) is 0 Å². The predicted molar refractivity (Wildman–Crippen MR) is 64.9 cm³/mol. The minimum absolute atomic E-state index is 0.783. The maximum Gasteiger partial charge on any atom is 0.0947 e. The van der Waals surface area contributed by atoms with E-state index in [0.717, 1.165) is 31.5 Å². The Morgan fingerprint density at radius 3 is 2.62 bits per heavy atom. The third kappa shape index (κ3) is 3.35. The van der Waals surface area contributed by atoms with Gasteiger partial charge in [0.2, 0.25) is 0 Å². The monoisotopic (exact) mass is 222 g/mol. The number of furan rings is 1. The van der Waals surface area contributed by atoms with Crippen molar-refractivity contribution in [1.29, 1.82) is 0 Å². The van der Waals surface area contributed by atoms with Gasteiger partial charge in [-0.05, 0) is 56.7 Å². The highest BCUT2D eigenvalue weighted by Crippen LogP contribution is 2.27. The summed E-state index contributed by atoms with van der Waals surface area (Å²) in [5, 5.41) is 3.50. The smallest absolute Gasteiger partial charge is 0.0947 e. The van der Waals surface area contributed by atoms with Crippen molar-refractivity contribution < 1.29 is 4.42 Å². The van der Waals surface area contributed by atoms with E-state index in [4.69, 9.17) is 10.2 Å². The molecule has 90 valence electrons. The average Bonchev–Trinajstić information content (AvgIpc) is 2.83. The molecule has 0 aromatic carbocycles. The van der Waals surface area contributed by atoms with Crippen LogP contribution in [-0.4, -0.2) is 13.1 Å². The van der Waals surface area contributed by atoms with Crippen LogP contribution in [0.3, 0.4) is 0 Å². The predicted octanol–water partition coefficient (Wildman–Crippen LogP) is 2.13. The Kier molecular flexibility index (Phi) is 4.43. The van der Waals surface area contributed by atoms with Gasteiger partial charge in [0.25, 0.3) is 0 Å². The van der Waals surface area contributed by atoms with Gasteiger partial charge in [0, 0.05) is 12.1 Å². The van der Waals surface area contributed by atoms with Crippen LogP contribution in [-0.2, 0) is 6.54 Å². The molecule has 0 spiro atoms. The van der Waals surface area contributed by atoms with Crippen molar-refractivity contribution in [2.45, 2.75) is 32.2 Å². The summed E-state index contributed by atoms with van der Waals surface area (Å²) in [5.41, 5.74) is 6.92. The summed E-state index contributed by atoms with van der Waals surface area (Å²) in [6.07, 6.45) is 8.82. The third-order valence-corrected chi connectivity index (χ3v) is 3.64. The summed E-state index contributed by atoms with van der Waals surface area (Å²) in [7, 11) is 0. The molecule has 3 heteroatoms. The van der Waals surface area contributed by atoms with Crippen molar-refractivity contribution in [2.24, 2.45) is 17.6 Å². The molecule has 1 heterocycles. The van der Waals surface area contributed by atoms with E-state index in [1.54, 1.807) is 12.5 Å². The molecule has 1 aromatic rings. The Hall–Kier alpha value is -0.800. The number of rotatable bonds is 5. The van der Waals surface area contributed by atoms with Gasteiger partial charge in [-0.25, -0.2) is 0 Å². The lowest BCUT2D eigenvalue weighted by molar-refractivity contribution is 0.272. The zero-order chi connectivity index (χ0) is 11.2. The molecule has 3 nitrogen and oxygen atoms in total. The highest BCUT2D eigenvalue weighted by molar-refractivity contribution is 5.04. The van der Waals surface area contributed by atoms with Gasteiger partial charge in [0.1, 0.15) is 0 Å². The first-order valence-corrected chi connectivity index (χ1v) is 6.30. The van der Waals surface area contributed by atoms with E-state index >= 15 is 0 Å². The Morgan fingerprint density at radius 2 is 2.00 bits per heavy atom. The van der Waals surface area contributed by atoms with Gasteiger partial charge in [0.05, 0.1) is 12.5 Å². The van der Waals surface area contributed by atoms with Crippen molar-refractivity contribution in [3.63, 3.8) is 0 Å². The molecule has 0 bridgehead atoms. The lowest BCUT2D eigenvalue weighted by atomic mass is 9.82. The second-order valence-electron chi connectivity index (χ2n) is 4.88. The summed E-state index contributed by atoms with van der Waals surface area (Å²) in [4.78, 5) is 0. The standard InChI is InChI=1S/C13H22N2O/c14-7-11-1-3-12(4-2-11)8-15-9-13-5-6-16-10-13/h5-6,10-12,15H,1-4,7-9,14H2. The molecule has 0 aliphatic heterocycles. The molecule has 0 unspecified atom stereocenters. The van der Waals surface area contributed by atoms with Gasteiger partial charge in [-0.15, -0.1) is 0 Å². The largest absolute Gasteiger partial charge is 0.472 e. The van der Waals surface area contributed by atoms with Crippen molar-refractivity contribution in [1.82, 2.24) is 5.32 Å². The topological polar surface area (TPSA) is 51.2 Å². The van der Waals surface area contributed by atoms with Crippen LogP contribution < -0.4 is 11.1 Å². The van der Waals surface area contributed by atoms with E-state index in [1.165, 1.54) is 31.2 Å². The van der Waals surface area contributed by atoms with E-state index < -0.39 is 0 Å². The fraction of sp³-hybridized carbons (Fsp3) is 0.692. The fourth-order valence-electron chi connectivity index (χ4n) is 2.49. The van der Waals surface area contributed by atoms with Crippen LogP contribution in [0, 0.1) is 11.8 Å². The van der Waals surface area contributed by atoms with Gasteiger partial charge in [-0.2, -0.15) is 0 Å². The Bertz CT molecular complexity index is 276. The zero-order valence-corrected chi connectivity index (χ0v) is 9.82. The second kappa shape index (κ2) is 6.06. The van der Waals surface area contributed by atoms with Gasteiger partial charge >= 0.3 is 0 Å². The summed E-state index contributed by atoms with van der Waals surface area (Å²) in [6, 6.07) is 2.01. The quantitative estimate of drug-likeness (QED) is 0.802.